The first-order chi connectivity index (χ1) is 12.3. The molecule has 6 heteroatoms. The third-order valence-corrected chi connectivity index (χ3v) is 5.07. The van der Waals surface area contributed by atoms with Crippen molar-refractivity contribution >= 4 is 23.2 Å². The average Bonchev–Trinajstić information content (AvgIpc) is 3.13. The minimum atomic E-state index is -0.603. The molecule has 2 amide bonds. The van der Waals surface area contributed by atoms with Crippen molar-refractivity contribution in [3.8, 4) is 5.75 Å². The molecule has 5 nitrogen and oxygen atoms in total. The zero-order valence-electron chi connectivity index (χ0n) is 15.7. The lowest BCUT2D eigenvalue weighted by Gasteiger charge is -2.23. The van der Waals surface area contributed by atoms with E-state index < -0.39 is 5.41 Å². The first kappa shape index (κ1) is 20.0. The summed E-state index contributed by atoms with van der Waals surface area (Å²) in [4.78, 5) is 24.8. The highest BCUT2D eigenvalue weighted by atomic mass is 32.1. The number of hydrazine groups is 1. The van der Waals surface area contributed by atoms with Gasteiger partial charge in [0.25, 0.3) is 5.91 Å². The second-order valence-electron chi connectivity index (χ2n) is 6.99. The van der Waals surface area contributed by atoms with E-state index in [4.69, 9.17) is 4.74 Å². The lowest BCUT2D eigenvalue weighted by atomic mass is 9.87. The number of rotatable bonds is 7. The van der Waals surface area contributed by atoms with Crippen LogP contribution in [0.3, 0.4) is 0 Å². The van der Waals surface area contributed by atoms with Gasteiger partial charge in [0.2, 0.25) is 5.91 Å². The molecule has 0 atom stereocenters. The summed E-state index contributed by atoms with van der Waals surface area (Å²) >= 11 is 1.33. The summed E-state index contributed by atoms with van der Waals surface area (Å²) in [6.45, 7) is 8.31. The fourth-order valence-electron chi connectivity index (χ4n) is 2.42. The molecule has 0 aliphatic carbocycles. The molecule has 1 aromatic heterocycles. The summed E-state index contributed by atoms with van der Waals surface area (Å²) in [5, 5.41) is 1.82. The predicted molar refractivity (Wildman–Crippen MR) is 104 cm³/mol. The van der Waals surface area contributed by atoms with Gasteiger partial charge in [0.05, 0.1) is 11.5 Å². The van der Waals surface area contributed by atoms with Crippen molar-refractivity contribution in [1.29, 1.82) is 0 Å². The summed E-state index contributed by atoms with van der Waals surface area (Å²) in [7, 11) is 0. The fraction of sp³-hybridized carbons (Fsp3) is 0.400. The standard InChI is InChI=1S/C20H26N2O3S/c1-14-8-9-15(2)16(13-14)25-11-6-10-20(3,4)19(24)22-21-18(23)17-7-5-12-26-17/h5,7-9,12-13H,6,10-11H2,1-4H3,(H,21,23)(H,22,24). The van der Waals surface area contributed by atoms with Gasteiger partial charge in [0.1, 0.15) is 5.75 Å². The summed E-state index contributed by atoms with van der Waals surface area (Å²) in [6.07, 6.45) is 1.39. The smallest absolute Gasteiger partial charge is 0.279 e. The predicted octanol–water partition coefficient (Wildman–Crippen LogP) is 4.01. The maximum Gasteiger partial charge on any atom is 0.279 e. The molecule has 0 unspecified atom stereocenters. The highest BCUT2D eigenvalue weighted by Crippen LogP contribution is 2.24. The van der Waals surface area contributed by atoms with Crippen LogP contribution in [-0.2, 0) is 4.79 Å². The normalized spacial score (nSPS) is 11.1. The third kappa shape index (κ3) is 5.59. The Morgan fingerprint density at radius 1 is 1.15 bits per heavy atom. The molecule has 26 heavy (non-hydrogen) atoms. The molecule has 0 aliphatic rings. The van der Waals surface area contributed by atoms with Crippen molar-refractivity contribution in [2.45, 2.75) is 40.5 Å². The van der Waals surface area contributed by atoms with Gasteiger partial charge in [-0.1, -0.05) is 32.0 Å². The lowest BCUT2D eigenvalue weighted by Crippen LogP contribution is -2.47. The molecule has 0 radical (unpaired) electrons. The molecule has 2 rings (SSSR count). The zero-order chi connectivity index (χ0) is 19.2. The summed E-state index contributed by atoms with van der Waals surface area (Å²) in [5.74, 6) is 0.368. The Kier molecular flexibility index (Phi) is 6.80. The van der Waals surface area contributed by atoms with E-state index in [2.05, 4.69) is 16.9 Å². The van der Waals surface area contributed by atoms with Gasteiger partial charge in [0, 0.05) is 5.41 Å². The minimum absolute atomic E-state index is 0.214. The second-order valence-corrected chi connectivity index (χ2v) is 7.94. The molecule has 2 aromatic rings. The molecule has 1 heterocycles. The van der Waals surface area contributed by atoms with E-state index in [1.165, 1.54) is 11.3 Å². The molecule has 0 saturated heterocycles. The van der Waals surface area contributed by atoms with Crippen molar-refractivity contribution in [1.82, 2.24) is 10.9 Å². The van der Waals surface area contributed by atoms with Gasteiger partial charge in [-0.05, 0) is 55.3 Å². The highest BCUT2D eigenvalue weighted by molar-refractivity contribution is 7.12. The van der Waals surface area contributed by atoms with E-state index in [0.29, 0.717) is 17.9 Å². The van der Waals surface area contributed by atoms with Crippen LogP contribution in [0.25, 0.3) is 0 Å². The summed E-state index contributed by atoms with van der Waals surface area (Å²) < 4.78 is 5.84. The number of ether oxygens (including phenoxy) is 1. The van der Waals surface area contributed by atoms with Crippen molar-refractivity contribution in [3.05, 3.63) is 51.7 Å². The molecule has 1 aromatic carbocycles. The van der Waals surface area contributed by atoms with Crippen LogP contribution in [0.4, 0.5) is 0 Å². The Labute approximate surface area is 158 Å². The Morgan fingerprint density at radius 3 is 2.62 bits per heavy atom. The van der Waals surface area contributed by atoms with Crippen molar-refractivity contribution in [3.63, 3.8) is 0 Å². The van der Waals surface area contributed by atoms with E-state index in [0.717, 1.165) is 23.3 Å². The number of carbonyl (C=O) groups is 2. The van der Waals surface area contributed by atoms with Gasteiger partial charge < -0.3 is 4.74 Å². The van der Waals surface area contributed by atoms with E-state index in [9.17, 15) is 9.59 Å². The lowest BCUT2D eigenvalue weighted by molar-refractivity contribution is -0.130. The highest BCUT2D eigenvalue weighted by Gasteiger charge is 2.27. The van der Waals surface area contributed by atoms with Crippen LogP contribution in [-0.4, -0.2) is 18.4 Å². The van der Waals surface area contributed by atoms with Crippen LogP contribution in [0, 0.1) is 19.3 Å². The molecule has 0 fully saturated rings. The zero-order valence-corrected chi connectivity index (χ0v) is 16.5. The maximum absolute atomic E-state index is 12.3. The largest absolute Gasteiger partial charge is 0.493 e. The number of aryl methyl sites for hydroxylation is 2. The molecule has 0 spiro atoms. The van der Waals surface area contributed by atoms with E-state index in [1.54, 1.807) is 12.1 Å². The van der Waals surface area contributed by atoms with Crippen LogP contribution in [0.5, 0.6) is 5.75 Å². The first-order valence-corrected chi connectivity index (χ1v) is 9.52. The van der Waals surface area contributed by atoms with Crippen LogP contribution in [0.2, 0.25) is 0 Å². The Balaban J connectivity index is 1.75. The van der Waals surface area contributed by atoms with Crippen molar-refractivity contribution < 1.29 is 14.3 Å². The Morgan fingerprint density at radius 2 is 1.92 bits per heavy atom. The van der Waals surface area contributed by atoms with Crippen LogP contribution in [0.15, 0.2) is 35.7 Å². The molecule has 140 valence electrons. The van der Waals surface area contributed by atoms with Crippen LogP contribution in [0.1, 0.15) is 47.5 Å². The summed E-state index contributed by atoms with van der Waals surface area (Å²) in [6, 6.07) is 9.62. The number of thiophene rings is 1. The number of hydrogen-bond acceptors (Lipinski definition) is 4. The molecule has 2 N–H and O–H groups in total. The molecule has 0 bridgehead atoms. The Hall–Kier alpha value is -2.34. The van der Waals surface area contributed by atoms with E-state index in [-0.39, 0.29) is 11.8 Å². The Bertz CT molecular complexity index is 754. The molecular formula is C20H26N2O3S. The van der Waals surface area contributed by atoms with E-state index in [1.807, 2.05) is 45.2 Å². The summed E-state index contributed by atoms with van der Waals surface area (Å²) in [5.41, 5.74) is 6.63. The fourth-order valence-corrected chi connectivity index (χ4v) is 3.04. The first-order valence-electron chi connectivity index (χ1n) is 8.64. The van der Waals surface area contributed by atoms with Gasteiger partial charge >= 0.3 is 0 Å². The van der Waals surface area contributed by atoms with Gasteiger partial charge in [-0.2, -0.15) is 0 Å². The van der Waals surface area contributed by atoms with Gasteiger partial charge in [-0.15, -0.1) is 11.3 Å². The van der Waals surface area contributed by atoms with Crippen molar-refractivity contribution in [2.24, 2.45) is 5.41 Å². The van der Waals surface area contributed by atoms with E-state index >= 15 is 0 Å². The average molecular weight is 375 g/mol. The molecular weight excluding hydrogens is 348 g/mol. The monoisotopic (exact) mass is 374 g/mol. The SMILES string of the molecule is Cc1ccc(C)c(OCCCC(C)(C)C(=O)NNC(=O)c2cccs2)c1. The number of benzene rings is 1. The third-order valence-electron chi connectivity index (χ3n) is 4.20. The van der Waals surface area contributed by atoms with Gasteiger partial charge in [0.15, 0.2) is 0 Å². The molecule has 0 aliphatic heterocycles. The quantitative estimate of drug-likeness (QED) is 0.568. The van der Waals surface area contributed by atoms with Crippen LogP contribution < -0.4 is 15.6 Å². The van der Waals surface area contributed by atoms with Gasteiger partial charge in [-0.25, -0.2) is 0 Å². The maximum atomic E-state index is 12.3. The van der Waals surface area contributed by atoms with Crippen molar-refractivity contribution in [2.75, 3.05) is 6.61 Å². The minimum Gasteiger partial charge on any atom is -0.493 e. The van der Waals surface area contributed by atoms with Gasteiger partial charge in [-0.3, -0.25) is 20.4 Å². The van der Waals surface area contributed by atoms with Crippen LogP contribution >= 0.6 is 11.3 Å². The number of amides is 2. The number of hydrogen-bond donors (Lipinski definition) is 2. The number of carbonyl (C=O) groups excluding carboxylic acids is 2. The second kappa shape index (κ2) is 8.85. The molecule has 0 saturated carbocycles. The number of nitrogens with one attached hydrogen (secondary N) is 2. The topological polar surface area (TPSA) is 67.4 Å².